The molecular weight excluding hydrogens is 234 g/mol. The summed E-state index contributed by atoms with van der Waals surface area (Å²) in [5.41, 5.74) is -0.557. The molecule has 1 aliphatic heterocycles. The fourth-order valence-electron chi connectivity index (χ4n) is 2.65. The first-order chi connectivity index (χ1) is 8.33. The Bertz CT molecular complexity index is 321. The summed E-state index contributed by atoms with van der Waals surface area (Å²) >= 11 is 0. The highest BCUT2D eigenvalue weighted by molar-refractivity contribution is 5.69. The first-order valence-electron chi connectivity index (χ1n) is 6.63. The third-order valence-corrected chi connectivity index (χ3v) is 3.60. The van der Waals surface area contributed by atoms with Gasteiger partial charge in [-0.15, -0.1) is 0 Å². The number of aliphatic hydroxyl groups excluding tert-OH is 2. The smallest absolute Gasteiger partial charge is 0.410 e. The van der Waals surface area contributed by atoms with Gasteiger partial charge in [-0.3, -0.25) is 4.90 Å². The average Bonchev–Trinajstić information content (AvgIpc) is 2.99. The van der Waals surface area contributed by atoms with Crippen molar-refractivity contribution >= 4 is 6.09 Å². The second-order valence-corrected chi connectivity index (χ2v) is 6.35. The van der Waals surface area contributed by atoms with Crippen LogP contribution < -0.4 is 0 Å². The van der Waals surface area contributed by atoms with Gasteiger partial charge in [-0.05, 0) is 46.0 Å². The predicted molar refractivity (Wildman–Crippen MR) is 66.1 cm³/mol. The van der Waals surface area contributed by atoms with E-state index in [1.54, 1.807) is 4.90 Å². The van der Waals surface area contributed by atoms with Gasteiger partial charge in [-0.25, -0.2) is 4.79 Å². The van der Waals surface area contributed by atoms with Crippen LogP contribution >= 0.6 is 0 Å². The molecule has 1 aliphatic carbocycles. The molecule has 0 aromatic carbocycles. The van der Waals surface area contributed by atoms with E-state index in [1.807, 2.05) is 20.8 Å². The summed E-state index contributed by atoms with van der Waals surface area (Å²) in [6, 6.07) is -0.502. The molecule has 0 bridgehead atoms. The fraction of sp³-hybridized carbons (Fsp3) is 0.923. The Morgan fingerprint density at radius 1 is 1.39 bits per heavy atom. The van der Waals surface area contributed by atoms with Crippen LogP contribution in [0.25, 0.3) is 0 Å². The number of amides is 1. The van der Waals surface area contributed by atoms with Crippen molar-refractivity contribution in [2.45, 2.75) is 63.8 Å². The Hall–Kier alpha value is -0.810. The molecule has 0 aromatic heterocycles. The Labute approximate surface area is 108 Å². The van der Waals surface area contributed by atoms with Crippen molar-refractivity contribution in [1.29, 1.82) is 0 Å². The molecule has 5 nitrogen and oxygen atoms in total. The van der Waals surface area contributed by atoms with Gasteiger partial charge in [0.05, 0.1) is 18.8 Å². The average molecular weight is 257 g/mol. The van der Waals surface area contributed by atoms with Crippen molar-refractivity contribution in [3.63, 3.8) is 0 Å². The van der Waals surface area contributed by atoms with E-state index in [0.29, 0.717) is 12.3 Å². The summed E-state index contributed by atoms with van der Waals surface area (Å²) in [6.45, 7) is 5.23. The van der Waals surface area contributed by atoms with E-state index in [2.05, 4.69) is 0 Å². The highest BCUT2D eigenvalue weighted by atomic mass is 16.6. The SMILES string of the molecule is CC(C)(C)OC(=O)N1C(CO)C(O)CC1C1CC1. The summed E-state index contributed by atoms with van der Waals surface area (Å²) in [5.74, 6) is 0.462. The van der Waals surface area contributed by atoms with Crippen LogP contribution in [0.1, 0.15) is 40.0 Å². The number of hydrogen-bond donors (Lipinski definition) is 2. The molecule has 1 saturated heterocycles. The van der Waals surface area contributed by atoms with Gasteiger partial charge in [0.1, 0.15) is 5.60 Å². The zero-order valence-electron chi connectivity index (χ0n) is 11.3. The number of carbonyl (C=O) groups excluding carboxylic acids is 1. The third-order valence-electron chi connectivity index (χ3n) is 3.60. The third kappa shape index (κ3) is 2.78. The standard InChI is InChI=1S/C13H23NO4/c1-13(2,3)18-12(17)14-9(8-4-5-8)6-11(16)10(14)7-15/h8-11,15-16H,4-7H2,1-3H3. The van der Waals surface area contributed by atoms with E-state index in [-0.39, 0.29) is 12.6 Å². The van der Waals surface area contributed by atoms with Crippen molar-refractivity contribution in [3.05, 3.63) is 0 Å². The maximum atomic E-state index is 12.2. The molecular formula is C13H23NO4. The number of nitrogens with zero attached hydrogens (tertiary/aromatic N) is 1. The number of likely N-dealkylation sites (tertiary alicyclic amines) is 1. The number of ether oxygens (including phenoxy) is 1. The van der Waals surface area contributed by atoms with Gasteiger partial charge in [-0.2, -0.15) is 0 Å². The molecule has 0 spiro atoms. The maximum absolute atomic E-state index is 12.2. The zero-order chi connectivity index (χ0) is 13.5. The summed E-state index contributed by atoms with van der Waals surface area (Å²) in [4.78, 5) is 13.8. The second kappa shape index (κ2) is 4.70. The van der Waals surface area contributed by atoms with E-state index in [1.165, 1.54) is 0 Å². The molecule has 2 fully saturated rings. The van der Waals surface area contributed by atoms with Gasteiger partial charge in [0.2, 0.25) is 0 Å². The Morgan fingerprint density at radius 3 is 2.44 bits per heavy atom. The monoisotopic (exact) mass is 257 g/mol. The maximum Gasteiger partial charge on any atom is 0.410 e. The number of hydrogen-bond acceptors (Lipinski definition) is 4. The van der Waals surface area contributed by atoms with E-state index >= 15 is 0 Å². The first kappa shape index (κ1) is 13.6. The van der Waals surface area contributed by atoms with Crippen LogP contribution in [0, 0.1) is 5.92 Å². The summed E-state index contributed by atoms with van der Waals surface area (Å²) in [7, 11) is 0. The minimum absolute atomic E-state index is 0.0204. The molecule has 1 saturated carbocycles. The van der Waals surface area contributed by atoms with Crippen molar-refractivity contribution in [1.82, 2.24) is 4.90 Å². The molecule has 0 aromatic rings. The van der Waals surface area contributed by atoms with Crippen LogP contribution in [0.4, 0.5) is 4.79 Å². The van der Waals surface area contributed by atoms with E-state index in [4.69, 9.17) is 4.74 Å². The molecule has 2 N–H and O–H groups in total. The van der Waals surface area contributed by atoms with Gasteiger partial charge in [0, 0.05) is 6.04 Å². The van der Waals surface area contributed by atoms with Gasteiger partial charge in [0.15, 0.2) is 0 Å². The molecule has 1 heterocycles. The lowest BCUT2D eigenvalue weighted by molar-refractivity contribution is -0.00197. The number of rotatable bonds is 2. The predicted octanol–water partition coefficient (Wildman–Crippen LogP) is 1.13. The normalized spacial score (nSPS) is 32.7. The van der Waals surface area contributed by atoms with Crippen molar-refractivity contribution < 1.29 is 19.7 Å². The lowest BCUT2D eigenvalue weighted by Crippen LogP contribution is -2.48. The van der Waals surface area contributed by atoms with E-state index < -0.39 is 23.8 Å². The van der Waals surface area contributed by atoms with Crippen LogP contribution in [0.3, 0.4) is 0 Å². The van der Waals surface area contributed by atoms with Gasteiger partial charge in [0.25, 0.3) is 0 Å². The molecule has 104 valence electrons. The molecule has 3 unspecified atom stereocenters. The second-order valence-electron chi connectivity index (χ2n) is 6.35. The molecule has 2 aliphatic rings. The largest absolute Gasteiger partial charge is 0.444 e. The molecule has 2 rings (SSSR count). The minimum Gasteiger partial charge on any atom is -0.444 e. The Kier molecular flexibility index (Phi) is 3.56. The van der Waals surface area contributed by atoms with E-state index in [9.17, 15) is 15.0 Å². The molecule has 18 heavy (non-hydrogen) atoms. The van der Waals surface area contributed by atoms with Crippen molar-refractivity contribution in [2.24, 2.45) is 5.92 Å². The van der Waals surface area contributed by atoms with Gasteiger partial charge in [-0.1, -0.05) is 0 Å². The first-order valence-corrected chi connectivity index (χ1v) is 6.63. The minimum atomic E-state index is -0.645. The summed E-state index contributed by atoms with van der Waals surface area (Å²) in [5, 5.41) is 19.3. The topological polar surface area (TPSA) is 70.0 Å². The number of aliphatic hydroxyl groups is 2. The lowest BCUT2D eigenvalue weighted by Gasteiger charge is -2.32. The van der Waals surface area contributed by atoms with Crippen LogP contribution in [0.5, 0.6) is 0 Å². The molecule has 1 amide bonds. The summed E-state index contributed by atoms with van der Waals surface area (Å²) < 4.78 is 5.38. The highest BCUT2D eigenvalue weighted by Gasteiger charge is 2.49. The number of carbonyl (C=O) groups is 1. The highest BCUT2D eigenvalue weighted by Crippen LogP contribution is 2.42. The Balaban J connectivity index is 2.12. The van der Waals surface area contributed by atoms with Crippen LogP contribution in [-0.4, -0.2) is 51.6 Å². The molecule has 5 heteroatoms. The van der Waals surface area contributed by atoms with Crippen molar-refractivity contribution in [3.8, 4) is 0 Å². The van der Waals surface area contributed by atoms with Gasteiger partial charge < -0.3 is 14.9 Å². The summed E-state index contributed by atoms with van der Waals surface area (Å²) in [6.07, 6.45) is 1.67. The van der Waals surface area contributed by atoms with E-state index in [0.717, 1.165) is 12.8 Å². The van der Waals surface area contributed by atoms with Crippen LogP contribution in [-0.2, 0) is 4.74 Å². The van der Waals surface area contributed by atoms with Crippen molar-refractivity contribution in [2.75, 3.05) is 6.61 Å². The quantitative estimate of drug-likeness (QED) is 0.778. The van der Waals surface area contributed by atoms with Gasteiger partial charge >= 0.3 is 6.09 Å². The zero-order valence-corrected chi connectivity index (χ0v) is 11.3. The lowest BCUT2D eigenvalue weighted by atomic mass is 10.1. The fourth-order valence-corrected chi connectivity index (χ4v) is 2.65. The van der Waals surface area contributed by atoms with Crippen LogP contribution in [0.15, 0.2) is 0 Å². The molecule has 3 atom stereocenters. The van der Waals surface area contributed by atoms with Crippen LogP contribution in [0.2, 0.25) is 0 Å². The Morgan fingerprint density at radius 2 is 2.00 bits per heavy atom. The molecule has 0 radical (unpaired) electrons.